The molecule has 1 aliphatic carbocycles. The zero-order chi connectivity index (χ0) is 19.0. The number of halogens is 1. The van der Waals surface area contributed by atoms with E-state index in [0.29, 0.717) is 29.6 Å². The van der Waals surface area contributed by atoms with Crippen molar-refractivity contribution in [3.63, 3.8) is 0 Å². The molecule has 0 spiro atoms. The predicted octanol–water partition coefficient (Wildman–Crippen LogP) is 4.71. The molecule has 3 nitrogen and oxygen atoms in total. The van der Waals surface area contributed by atoms with E-state index >= 15 is 0 Å². The third-order valence-corrected chi connectivity index (χ3v) is 5.40. The molecule has 0 bridgehead atoms. The number of carbonyl (C=O) groups is 1. The molecule has 2 aromatic rings. The number of hydrogen-bond donors (Lipinski definition) is 1. The SMILES string of the molecule is CC1=C(C#N)[C@@H](c2cccc(F)c2)C2=C(C[C@H](c3ccccc3)CC2=O)N1. The van der Waals surface area contributed by atoms with Gasteiger partial charge in [0.1, 0.15) is 5.82 Å². The van der Waals surface area contributed by atoms with Gasteiger partial charge >= 0.3 is 0 Å². The monoisotopic (exact) mass is 358 g/mol. The number of allylic oxidation sites excluding steroid dienone is 4. The zero-order valence-electron chi connectivity index (χ0n) is 15.0. The summed E-state index contributed by atoms with van der Waals surface area (Å²) in [6.45, 7) is 1.84. The van der Waals surface area contributed by atoms with E-state index < -0.39 is 5.92 Å². The van der Waals surface area contributed by atoms with Crippen LogP contribution in [0.15, 0.2) is 77.1 Å². The van der Waals surface area contributed by atoms with Crippen LogP contribution in [-0.2, 0) is 4.79 Å². The number of Topliss-reactive ketones (excluding diaryl/α,β-unsaturated/α-hetero) is 1. The van der Waals surface area contributed by atoms with Crippen LogP contribution in [0.3, 0.4) is 0 Å². The van der Waals surface area contributed by atoms with Gasteiger partial charge in [0.25, 0.3) is 0 Å². The van der Waals surface area contributed by atoms with Crippen molar-refractivity contribution in [3.8, 4) is 6.07 Å². The summed E-state index contributed by atoms with van der Waals surface area (Å²) >= 11 is 0. The van der Waals surface area contributed by atoms with Gasteiger partial charge in [0.15, 0.2) is 5.78 Å². The minimum atomic E-state index is -0.508. The van der Waals surface area contributed by atoms with Crippen LogP contribution >= 0.6 is 0 Å². The van der Waals surface area contributed by atoms with Gasteiger partial charge in [-0.25, -0.2) is 4.39 Å². The fourth-order valence-corrected chi connectivity index (χ4v) is 4.17. The summed E-state index contributed by atoms with van der Waals surface area (Å²) in [4.78, 5) is 13.1. The standard InChI is InChI=1S/C23H19FN2O/c1-14-19(13-25)22(16-8-5-9-18(24)10-16)23-20(26-14)11-17(12-21(23)27)15-6-3-2-4-7-15/h2-10,17,22,26H,11-12H2,1H3/t17-,22+/m0/s1. The summed E-state index contributed by atoms with van der Waals surface area (Å²) < 4.78 is 13.8. The molecule has 1 N–H and O–H groups in total. The maximum Gasteiger partial charge on any atom is 0.162 e. The van der Waals surface area contributed by atoms with Gasteiger partial charge in [-0.15, -0.1) is 0 Å². The zero-order valence-corrected chi connectivity index (χ0v) is 15.0. The van der Waals surface area contributed by atoms with Crippen LogP contribution in [0.1, 0.15) is 42.7 Å². The Morgan fingerprint density at radius 1 is 1.07 bits per heavy atom. The lowest BCUT2D eigenvalue weighted by Gasteiger charge is -2.35. The van der Waals surface area contributed by atoms with Crippen molar-refractivity contribution in [1.82, 2.24) is 5.32 Å². The van der Waals surface area contributed by atoms with Gasteiger partial charge in [-0.05, 0) is 42.5 Å². The van der Waals surface area contributed by atoms with E-state index in [-0.39, 0.29) is 17.5 Å². The molecule has 0 saturated carbocycles. The number of ketones is 1. The lowest BCUT2D eigenvalue weighted by Crippen LogP contribution is -2.33. The Morgan fingerprint density at radius 2 is 1.81 bits per heavy atom. The molecule has 2 aromatic carbocycles. The quantitative estimate of drug-likeness (QED) is 0.846. The summed E-state index contributed by atoms with van der Waals surface area (Å²) in [6, 6.07) is 18.4. The van der Waals surface area contributed by atoms with E-state index in [0.717, 1.165) is 17.0 Å². The van der Waals surface area contributed by atoms with E-state index in [9.17, 15) is 14.4 Å². The number of nitrogens with zero attached hydrogens (tertiary/aromatic N) is 1. The van der Waals surface area contributed by atoms with Gasteiger partial charge in [-0.3, -0.25) is 4.79 Å². The minimum absolute atomic E-state index is 0.0205. The minimum Gasteiger partial charge on any atom is -0.361 e. The summed E-state index contributed by atoms with van der Waals surface area (Å²) in [7, 11) is 0. The van der Waals surface area contributed by atoms with Crippen molar-refractivity contribution < 1.29 is 9.18 Å². The Morgan fingerprint density at radius 3 is 2.52 bits per heavy atom. The Balaban J connectivity index is 1.80. The second-order valence-corrected chi connectivity index (χ2v) is 7.09. The number of carbonyl (C=O) groups excluding carboxylic acids is 1. The smallest absolute Gasteiger partial charge is 0.162 e. The van der Waals surface area contributed by atoms with Gasteiger partial charge in [0, 0.05) is 23.4 Å². The number of rotatable bonds is 2. The van der Waals surface area contributed by atoms with Gasteiger partial charge in [-0.1, -0.05) is 42.5 Å². The van der Waals surface area contributed by atoms with E-state index in [2.05, 4.69) is 11.4 Å². The number of nitrogens with one attached hydrogen (secondary N) is 1. The van der Waals surface area contributed by atoms with Crippen molar-refractivity contribution in [2.45, 2.75) is 31.6 Å². The summed E-state index contributed by atoms with van der Waals surface area (Å²) in [5, 5.41) is 13.0. The fourth-order valence-electron chi connectivity index (χ4n) is 4.17. The molecule has 0 fully saturated rings. The second-order valence-electron chi connectivity index (χ2n) is 7.09. The van der Waals surface area contributed by atoms with E-state index in [1.807, 2.05) is 37.3 Å². The van der Waals surface area contributed by atoms with Crippen LogP contribution in [0.25, 0.3) is 0 Å². The maximum atomic E-state index is 13.8. The molecular formula is C23H19FN2O. The van der Waals surface area contributed by atoms with Gasteiger partial charge in [0.05, 0.1) is 17.6 Å². The van der Waals surface area contributed by atoms with Gasteiger partial charge in [0.2, 0.25) is 0 Å². The lowest BCUT2D eigenvalue weighted by atomic mass is 9.72. The Kier molecular flexibility index (Phi) is 4.37. The average molecular weight is 358 g/mol. The van der Waals surface area contributed by atoms with Crippen LogP contribution in [0.5, 0.6) is 0 Å². The number of hydrogen-bond acceptors (Lipinski definition) is 3. The lowest BCUT2D eigenvalue weighted by molar-refractivity contribution is -0.116. The van der Waals surface area contributed by atoms with Crippen molar-refractivity contribution in [1.29, 1.82) is 5.26 Å². The first-order chi connectivity index (χ1) is 13.1. The topological polar surface area (TPSA) is 52.9 Å². The molecule has 0 saturated heterocycles. The van der Waals surface area contributed by atoms with E-state index in [1.54, 1.807) is 12.1 Å². The molecule has 4 heteroatoms. The fraction of sp³-hybridized carbons (Fsp3) is 0.217. The Hall–Kier alpha value is -3.19. The normalized spacial score (nSPS) is 22.2. The van der Waals surface area contributed by atoms with Crippen LogP contribution in [0.2, 0.25) is 0 Å². The van der Waals surface area contributed by atoms with E-state index in [1.165, 1.54) is 12.1 Å². The summed E-state index contributed by atoms with van der Waals surface area (Å²) in [6.07, 6.45) is 1.10. The van der Waals surface area contributed by atoms with Gasteiger partial charge in [-0.2, -0.15) is 5.26 Å². The first-order valence-corrected chi connectivity index (χ1v) is 9.03. The van der Waals surface area contributed by atoms with Gasteiger partial charge < -0.3 is 5.32 Å². The molecule has 4 rings (SSSR count). The van der Waals surface area contributed by atoms with Crippen molar-refractivity contribution in [2.24, 2.45) is 0 Å². The molecule has 1 aliphatic heterocycles. The molecule has 0 radical (unpaired) electrons. The molecule has 134 valence electrons. The Bertz CT molecular complexity index is 1010. The van der Waals surface area contributed by atoms with Crippen molar-refractivity contribution in [2.75, 3.05) is 0 Å². The van der Waals surface area contributed by atoms with Crippen molar-refractivity contribution >= 4 is 5.78 Å². The number of dihydropyridines is 1. The highest BCUT2D eigenvalue weighted by atomic mass is 19.1. The summed E-state index contributed by atoms with van der Waals surface area (Å²) in [5.74, 6) is -0.749. The van der Waals surface area contributed by atoms with Crippen molar-refractivity contribution in [3.05, 3.63) is 94.1 Å². The molecule has 27 heavy (non-hydrogen) atoms. The molecule has 2 aliphatic rings. The van der Waals surface area contributed by atoms with Crippen LogP contribution in [0.4, 0.5) is 4.39 Å². The molecule has 0 unspecified atom stereocenters. The highest BCUT2D eigenvalue weighted by Gasteiger charge is 2.38. The van der Waals surface area contributed by atoms with Crippen LogP contribution in [0, 0.1) is 17.1 Å². The average Bonchev–Trinajstić information content (AvgIpc) is 2.67. The molecule has 2 atom stereocenters. The third-order valence-electron chi connectivity index (χ3n) is 5.40. The van der Waals surface area contributed by atoms with Crippen LogP contribution in [-0.4, -0.2) is 5.78 Å². The first-order valence-electron chi connectivity index (χ1n) is 9.03. The van der Waals surface area contributed by atoms with E-state index in [4.69, 9.17) is 0 Å². The largest absolute Gasteiger partial charge is 0.361 e. The Labute approximate surface area is 157 Å². The molecule has 0 aromatic heterocycles. The summed E-state index contributed by atoms with van der Waals surface area (Å²) in [5.41, 5.74) is 4.44. The van der Waals surface area contributed by atoms with Crippen LogP contribution < -0.4 is 5.32 Å². The highest BCUT2D eigenvalue weighted by Crippen LogP contribution is 2.45. The second kappa shape index (κ2) is 6.85. The maximum absolute atomic E-state index is 13.8. The first kappa shape index (κ1) is 17.2. The molecule has 1 heterocycles. The number of benzene rings is 2. The highest BCUT2D eigenvalue weighted by molar-refractivity contribution is 6.00. The third kappa shape index (κ3) is 3.06. The molecular weight excluding hydrogens is 339 g/mol. The molecule has 0 amide bonds. The number of nitriles is 1. The predicted molar refractivity (Wildman–Crippen MR) is 101 cm³/mol.